The van der Waals surface area contributed by atoms with E-state index in [1.165, 1.54) is 42.6 Å². The van der Waals surface area contributed by atoms with Crippen LogP contribution in [0.1, 0.15) is 46.9 Å². The minimum atomic E-state index is -0.843. The Labute approximate surface area is 137 Å². The Hall–Kier alpha value is -1.81. The van der Waals surface area contributed by atoms with Gasteiger partial charge in [-0.3, -0.25) is 0 Å². The van der Waals surface area contributed by atoms with Crippen molar-refractivity contribution in [2.24, 2.45) is 0 Å². The molecule has 0 spiro atoms. The Morgan fingerprint density at radius 1 is 1.22 bits per heavy atom. The van der Waals surface area contributed by atoms with Crippen molar-refractivity contribution in [1.29, 1.82) is 0 Å². The van der Waals surface area contributed by atoms with Gasteiger partial charge in [0.15, 0.2) is 0 Å². The van der Waals surface area contributed by atoms with Crippen LogP contribution < -0.4 is 0 Å². The number of likely N-dealkylation sites (tertiary alicyclic amines) is 1. The van der Waals surface area contributed by atoms with E-state index in [9.17, 15) is 9.90 Å². The van der Waals surface area contributed by atoms with E-state index in [1.807, 2.05) is 13.0 Å². The highest BCUT2D eigenvalue weighted by atomic mass is 16.4. The van der Waals surface area contributed by atoms with Gasteiger partial charge >= 0.3 is 5.97 Å². The molecule has 2 aromatic rings. The number of fused-ring (bicyclic) bond motifs is 1. The van der Waals surface area contributed by atoms with E-state index in [-0.39, 0.29) is 0 Å². The van der Waals surface area contributed by atoms with Crippen molar-refractivity contribution in [2.75, 3.05) is 19.6 Å². The molecule has 0 atom stereocenters. The third-order valence-corrected chi connectivity index (χ3v) is 5.22. The first-order valence-electron chi connectivity index (χ1n) is 8.61. The van der Waals surface area contributed by atoms with Crippen LogP contribution in [0.3, 0.4) is 0 Å². The van der Waals surface area contributed by atoms with Gasteiger partial charge in [0.1, 0.15) is 0 Å². The first kappa shape index (κ1) is 16.1. The van der Waals surface area contributed by atoms with Crippen molar-refractivity contribution in [3.05, 3.63) is 34.5 Å². The van der Waals surface area contributed by atoms with E-state index in [0.717, 1.165) is 30.6 Å². The highest BCUT2D eigenvalue weighted by Crippen LogP contribution is 2.29. The molecule has 0 aliphatic carbocycles. The standard InChI is InChI=1S/C19H26N2O2/c1-4-21-14(3)15(7-10-20-8-5-6-9-20)17-11-13(2)16(19(22)23)12-18(17)21/h11-12H,4-10H2,1-3H3,(H,22,23). The quantitative estimate of drug-likeness (QED) is 0.917. The number of aryl methyl sites for hydroxylation is 2. The van der Waals surface area contributed by atoms with Crippen LogP contribution in [0.5, 0.6) is 0 Å². The molecule has 124 valence electrons. The first-order chi connectivity index (χ1) is 11.0. The Morgan fingerprint density at radius 2 is 1.91 bits per heavy atom. The molecule has 0 amide bonds. The van der Waals surface area contributed by atoms with E-state index < -0.39 is 5.97 Å². The number of benzene rings is 1. The Bertz CT molecular complexity index is 740. The Balaban J connectivity index is 2.04. The summed E-state index contributed by atoms with van der Waals surface area (Å²) < 4.78 is 2.25. The molecule has 0 radical (unpaired) electrons. The molecule has 0 saturated carbocycles. The van der Waals surface area contributed by atoms with Gasteiger partial charge in [-0.15, -0.1) is 0 Å². The SMILES string of the molecule is CCn1c(C)c(CCN2CCCC2)c2cc(C)c(C(=O)O)cc21. The summed E-state index contributed by atoms with van der Waals surface area (Å²) in [5.41, 5.74) is 4.98. The van der Waals surface area contributed by atoms with Crippen LogP contribution in [0.25, 0.3) is 10.9 Å². The fraction of sp³-hybridized carbons (Fsp3) is 0.526. The highest BCUT2D eigenvalue weighted by Gasteiger charge is 2.19. The summed E-state index contributed by atoms with van der Waals surface area (Å²) in [6.07, 6.45) is 3.68. The van der Waals surface area contributed by atoms with Gasteiger partial charge in [0.25, 0.3) is 0 Å². The summed E-state index contributed by atoms with van der Waals surface area (Å²) in [5.74, 6) is -0.843. The molecule has 1 aliphatic heterocycles. The highest BCUT2D eigenvalue weighted by molar-refractivity contribution is 5.97. The molecule has 0 unspecified atom stereocenters. The van der Waals surface area contributed by atoms with Crippen LogP contribution in [-0.4, -0.2) is 40.2 Å². The van der Waals surface area contributed by atoms with Gasteiger partial charge in [-0.1, -0.05) is 0 Å². The fourth-order valence-electron chi connectivity index (χ4n) is 3.93. The summed E-state index contributed by atoms with van der Waals surface area (Å²) in [6, 6.07) is 3.92. The van der Waals surface area contributed by atoms with Gasteiger partial charge in [0, 0.05) is 29.7 Å². The molecule has 1 aliphatic rings. The second kappa shape index (κ2) is 6.36. The van der Waals surface area contributed by atoms with Gasteiger partial charge in [0.05, 0.1) is 5.56 Å². The smallest absolute Gasteiger partial charge is 0.336 e. The number of aromatic carboxylic acids is 1. The summed E-state index contributed by atoms with van der Waals surface area (Å²) in [7, 11) is 0. The number of carboxylic acid groups (broad SMARTS) is 1. The lowest BCUT2D eigenvalue weighted by atomic mass is 10.0. The molecule has 1 N–H and O–H groups in total. The Morgan fingerprint density at radius 3 is 2.52 bits per heavy atom. The van der Waals surface area contributed by atoms with Gasteiger partial charge in [-0.25, -0.2) is 4.79 Å². The average molecular weight is 314 g/mol. The van der Waals surface area contributed by atoms with Crippen LogP contribution in [-0.2, 0) is 13.0 Å². The summed E-state index contributed by atoms with van der Waals surface area (Å²) in [4.78, 5) is 14.0. The molecule has 4 heteroatoms. The van der Waals surface area contributed by atoms with E-state index in [2.05, 4.69) is 29.4 Å². The Kier molecular flexibility index (Phi) is 4.44. The van der Waals surface area contributed by atoms with Crippen molar-refractivity contribution in [1.82, 2.24) is 9.47 Å². The molecule has 0 bridgehead atoms. The van der Waals surface area contributed by atoms with Crippen LogP contribution in [0.2, 0.25) is 0 Å². The van der Waals surface area contributed by atoms with Crippen LogP contribution >= 0.6 is 0 Å². The van der Waals surface area contributed by atoms with Crippen molar-refractivity contribution in [2.45, 2.75) is 46.6 Å². The van der Waals surface area contributed by atoms with Gasteiger partial charge < -0.3 is 14.6 Å². The molecule has 23 heavy (non-hydrogen) atoms. The van der Waals surface area contributed by atoms with Gasteiger partial charge in [-0.05, 0) is 76.4 Å². The normalized spacial score (nSPS) is 15.6. The fourth-order valence-corrected chi connectivity index (χ4v) is 3.93. The number of carboxylic acids is 1. The maximum Gasteiger partial charge on any atom is 0.336 e. The lowest BCUT2D eigenvalue weighted by molar-refractivity contribution is 0.0696. The third kappa shape index (κ3) is 2.88. The molecule has 1 fully saturated rings. The van der Waals surface area contributed by atoms with E-state index in [4.69, 9.17) is 0 Å². The van der Waals surface area contributed by atoms with Crippen LogP contribution in [0, 0.1) is 13.8 Å². The number of rotatable bonds is 5. The minimum absolute atomic E-state index is 0.413. The molecular weight excluding hydrogens is 288 g/mol. The van der Waals surface area contributed by atoms with Crippen LogP contribution in [0.4, 0.5) is 0 Å². The molecule has 1 aromatic carbocycles. The molecular formula is C19H26N2O2. The topological polar surface area (TPSA) is 45.5 Å². The second-order valence-corrected chi connectivity index (χ2v) is 6.60. The van der Waals surface area contributed by atoms with Gasteiger partial charge in [-0.2, -0.15) is 0 Å². The molecule has 1 aromatic heterocycles. The van der Waals surface area contributed by atoms with Crippen LogP contribution in [0.15, 0.2) is 12.1 Å². The molecule has 4 nitrogen and oxygen atoms in total. The van der Waals surface area contributed by atoms with Crippen molar-refractivity contribution in [3.8, 4) is 0 Å². The van der Waals surface area contributed by atoms with Crippen molar-refractivity contribution < 1.29 is 9.90 Å². The average Bonchev–Trinajstić information content (AvgIpc) is 3.10. The molecule has 3 rings (SSSR count). The lowest BCUT2D eigenvalue weighted by Gasteiger charge is -2.14. The maximum absolute atomic E-state index is 11.4. The largest absolute Gasteiger partial charge is 0.478 e. The predicted molar refractivity (Wildman–Crippen MR) is 93.4 cm³/mol. The number of hydrogen-bond donors (Lipinski definition) is 1. The number of hydrogen-bond acceptors (Lipinski definition) is 2. The maximum atomic E-state index is 11.4. The van der Waals surface area contributed by atoms with Crippen molar-refractivity contribution in [3.63, 3.8) is 0 Å². The molecule has 2 heterocycles. The lowest BCUT2D eigenvalue weighted by Crippen LogP contribution is -2.22. The predicted octanol–water partition coefficient (Wildman–Crippen LogP) is 3.61. The van der Waals surface area contributed by atoms with E-state index >= 15 is 0 Å². The zero-order valence-corrected chi connectivity index (χ0v) is 14.4. The zero-order chi connectivity index (χ0) is 16.6. The summed E-state index contributed by atoms with van der Waals surface area (Å²) in [5, 5.41) is 10.6. The monoisotopic (exact) mass is 314 g/mol. The third-order valence-electron chi connectivity index (χ3n) is 5.22. The van der Waals surface area contributed by atoms with E-state index in [1.54, 1.807) is 0 Å². The zero-order valence-electron chi connectivity index (χ0n) is 14.4. The number of aromatic nitrogens is 1. The van der Waals surface area contributed by atoms with Crippen molar-refractivity contribution >= 4 is 16.9 Å². The second-order valence-electron chi connectivity index (χ2n) is 6.60. The summed E-state index contributed by atoms with van der Waals surface area (Å²) >= 11 is 0. The van der Waals surface area contributed by atoms with Gasteiger partial charge in [0.2, 0.25) is 0 Å². The minimum Gasteiger partial charge on any atom is -0.478 e. The first-order valence-corrected chi connectivity index (χ1v) is 8.61. The number of carbonyl (C=O) groups is 1. The molecule has 1 saturated heterocycles. The summed E-state index contributed by atoms with van der Waals surface area (Å²) in [6.45, 7) is 10.6. The van der Waals surface area contributed by atoms with E-state index in [0.29, 0.717) is 5.56 Å². The number of nitrogens with zero attached hydrogens (tertiary/aromatic N) is 2.